The Morgan fingerprint density at radius 3 is 2.64 bits per heavy atom. The summed E-state index contributed by atoms with van der Waals surface area (Å²) in [6.45, 7) is 0. The van der Waals surface area contributed by atoms with Crippen molar-refractivity contribution in [3.8, 4) is 17.0 Å². The van der Waals surface area contributed by atoms with Gasteiger partial charge in [-0.3, -0.25) is 4.79 Å². The van der Waals surface area contributed by atoms with Gasteiger partial charge in [-0.25, -0.2) is 4.98 Å². The van der Waals surface area contributed by atoms with Crippen LogP contribution in [0.4, 0.5) is 0 Å². The van der Waals surface area contributed by atoms with Crippen LogP contribution in [0.25, 0.3) is 11.3 Å². The average Bonchev–Trinajstić information content (AvgIpc) is 3.13. The Labute approximate surface area is 153 Å². The summed E-state index contributed by atoms with van der Waals surface area (Å²) < 4.78 is 8.03. The zero-order valence-electron chi connectivity index (χ0n) is 14.1. The van der Waals surface area contributed by atoms with Gasteiger partial charge in [-0.15, -0.1) is 12.4 Å². The average molecular weight is 363 g/mol. The van der Waals surface area contributed by atoms with Crippen LogP contribution in [0.5, 0.6) is 5.75 Å². The van der Waals surface area contributed by atoms with Crippen molar-refractivity contribution in [3.05, 3.63) is 36.3 Å². The number of nitrogens with zero attached hydrogens (tertiary/aromatic N) is 2. The molecule has 2 aromatic rings. The van der Waals surface area contributed by atoms with Gasteiger partial charge in [-0.1, -0.05) is 0 Å². The van der Waals surface area contributed by atoms with Crippen molar-refractivity contribution in [1.29, 1.82) is 0 Å². The number of piperidine rings is 1. The molecule has 2 bridgehead atoms. The maximum atomic E-state index is 11.9. The van der Waals surface area contributed by atoms with Gasteiger partial charge in [0, 0.05) is 30.9 Å². The molecule has 2 saturated heterocycles. The van der Waals surface area contributed by atoms with Crippen molar-refractivity contribution >= 4 is 18.3 Å². The van der Waals surface area contributed by atoms with Crippen molar-refractivity contribution in [2.24, 2.45) is 12.8 Å². The number of aryl methyl sites for hydroxylation is 1. The molecule has 6 nitrogen and oxygen atoms in total. The number of benzene rings is 1. The van der Waals surface area contributed by atoms with E-state index < -0.39 is 5.91 Å². The molecule has 3 heterocycles. The van der Waals surface area contributed by atoms with Gasteiger partial charge in [0.1, 0.15) is 11.9 Å². The second-order valence-corrected chi connectivity index (χ2v) is 6.85. The Hall–Kier alpha value is -2.05. The number of fused-ring (bicyclic) bond motifs is 2. The highest BCUT2D eigenvalue weighted by molar-refractivity contribution is 5.96. The Bertz CT molecular complexity index is 764. The number of carbonyl (C=O) groups excluding carboxylic acids is 1. The van der Waals surface area contributed by atoms with E-state index in [4.69, 9.17) is 10.5 Å². The number of carbonyl (C=O) groups is 1. The second-order valence-electron chi connectivity index (χ2n) is 6.85. The van der Waals surface area contributed by atoms with Crippen LogP contribution in [-0.4, -0.2) is 33.6 Å². The van der Waals surface area contributed by atoms with Gasteiger partial charge in [0.15, 0.2) is 0 Å². The van der Waals surface area contributed by atoms with Crippen LogP contribution in [0.2, 0.25) is 0 Å². The summed E-state index contributed by atoms with van der Waals surface area (Å²) in [6.07, 6.45) is 8.17. The Balaban J connectivity index is 0.00000182. The van der Waals surface area contributed by atoms with Gasteiger partial charge in [0.05, 0.1) is 17.6 Å². The lowest BCUT2D eigenvalue weighted by atomic mass is 10.0. The monoisotopic (exact) mass is 362 g/mol. The zero-order valence-corrected chi connectivity index (χ0v) is 15.0. The van der Waals surface area contributed by atoms with Gasteiger partial charge in [0.2, 0.25) is 0 Å². The summed E-state index contributed by atoms with van der Waals surface area (Å²) in [5.41, 5.74) is 7.68. The molecule has 3 atom stereocenters. The summed E-state index contributed by atoms with van der Waals surface area (Å²) in [6, 6.07) is 6.63. The van der Waals surface area contributed by atoms with E-state index in [1.807, 2.05) is 29.9 Å². The van der Waals surface area contributed by atoms with Gasteiger partial charge in [-0.05, 0) is 43.9 Å². The van der Waals surface area contributed by atoms with Crippen molar-refractivity contribution < 1.29 is 9.53 Å². The molecule has 2 fully saturated rings. The normalized spacial score (nSPS) is 24.6. The standard InChI is InChI=1S/C18H22N4O2.ClH/c1-22-9-16(20-10-22)11-2-5-17(15(6-11)18(19)23)24-14-7-12-3-4-13(8-14)21-12;/h2,5-6,9-10,12-14,21H,3-4,7-8H2,1H3,(H2,19,23);1H/t12-,13+,14-;. The minimum atomic E-state index is -0.473. The maximum Gasteiger partial charge on any atom is 0.252 e. The predicted molar refractivity (Wildman–Crippen MR) is 98.0 cm³/mol. The molecular weight excluding hydrogens is 340 g/mol. The predicted octanol–water partition coefficient (Wildman–Crippen LogP) is 2.27. The molecule has 2 aliphatic rings. The lowest BCUT2D eigenvalue weighted by Crippen LogP contribution is -2.42. The van der Waals surface area contributed by atoms with E-state index in [-0.39, 0.29) is 18.5 Å². The van der Waals surface area contributed by atoms with Gasteiger partial charge in [-0.2, -0.15) is 0 Å². The van der Waals surface area contributed by atoms with Gasteiger partial charge < -0.3 is 20.4 Å². The number of halogens is 1. The molecule has 7 heteroatoms. The van der Waals surface area contributed by atoms with Crippen LogP contribution in [0, 0.1) is 0 Å². The van der Waals surface area contributed by atoms with Crippen molar-refractivity contribution in [3.63, 3.8) is 0 Å². The Morgan fingerprint density at radius 1 is 1.32 bits per heavy atom. The molecule has 0 spiro atoms. The summed E-state index contributed by atoms with van der Waals surface area (Å²) >= 11 is 0. The van der Waals surface area contributed by atoms with Crippen LogP contribution in [0.3, 0.4) is 0 Å². The largest absolute Gasteiger partial charge is 0.489 e. The van der Waals surface area contributed by atoms with Crippen molar-refractivity contribution in [1.82, 2.24) is 14.9 Å². The van der Waals surface area contributed by atoms with E-state index >= 15 is 0 Å². The fraction of sp³-hybridized carbons (Fsp3) is 0.444. The quantitative estimate of drug-likeness (QED) is 0.874. The first kappa shape index (κ1) is 17.8. The van der Waals surface area contributed by atoms with Crippen molar-refractivity contribution in [2.45, 2.75) is 43.9 Å². The SMILES string of the molecule is Cl.Cn1cnc(-c2ccc(O[C@@H]3C[C@H]4CC[C@@H](C3)N4)c(C(N)=O)c2)c1. The maximum absolute atomic E-state index is 11.9. The molecule has 1 amide bonds. The number of nitrogens with two attached hydrogens (primary N) is 1. The fourth-order valence-electron chi connectivity index (χ4n) is 3.83. The lowest BCUT2D eigenvalue weighted by Gasteiger charge is -2.30. The number of rotatable bonds is 4. The molecular formula is C18H23ClN4O2. The minimum Gasteiger partial charge on any atom is -0.489 e. The molecule has 1 aromatic heterocycles. The summed E-state index contributed by atoms with van der Waals surface area (Å²) in [7, 11) is 1.91. The number of primary amides is 1. The number of ether oxygens (including phenoxy) is 1. The number of hydrogen-bond acceptors (Lipinski definition) is 4. The second kappa shape index (κ2) is 7.06. The first-order chi connectivity index (χ1) is 11.6. The highest BCUT2D eigenvalue weighted by Gasteiger charge is 2.34. The third-order valence-electron chi connectivity index (χ3n) is 4.97. The number of nitrogens with one attached hydrogen (secondary N) is 1. The van der Waals surface area contributed by atoms with Crippen LogP contribution >= 0.6 is 12.4 Å². The number of imidazole rings is 1. The molecule has 2 aliphatic heterocycles. The smallest absolute Gasteiger partial charge is 0.252 e. The van der Waals surface area contributed by atoms with Gasteiger partial charge >= 0.3 is 0 Å². The number of aromatic nitrogens is 2. The Kier molecular flexibility index (Phi) is 5.01. The van der Waals surface area contributed by atoms with Crippen LogP contribution in [-0.2, 0) is 7.05 Å². The van der Waals surface area contributed by atoms with E-state index in [0.717, 1.165) is 24.1 Å². The summed E-state index contributed by atoms with van der Waals surface area (Å²) in [5, 5.41) is 3.59. The molecule has 0 saturated carbocycles. The van der Waals surface area contributed by atoms with Gasteiger partial charge in [0.25, 0.3) is 5.91 Å². The fourth-order valence-corrected chi connectivity index (χ4v) is 3.83. The minimum absolute atomic E-state index is 0. The topological polar surface area (TPSA) is 82.2 Å². The molecule has 0 aliphatic carbocycles. The highest BCUT2D eigenvalue weighted by atomic mass is 35.5. The molecule has 4 rings (SSSR count). The van der Waals surface area contributed by atoms with E-state index in [1.165, 1.54) is 12.8 Å². The van der Waals surface area contributed by atoms with E-state index in [0.29, 0.717) is 23.4 Å². The van der Waals surface area contributed by atoms with E-state index in [1.54, 1.807) is 12.4 Å². The third-order valence-corrected chi connectivity index (χ3v) is 4.97. The van der Waals surface area contributed by atoms with E-state index in [9.17, 15) is 4.79 Å². The van der Waals surface area contributed by atoms with E-state index in [2.05, 4.69) is 10.3 Å². The Morgan fingerprint density at radius 2 is 2.04 bits per heavy atom. The first-order valence-electron chi connectivity index (χ1n) is 8.43. The zero-order chi connectivity index (χ0) is 16.7. The molecule has 25 heavy (non-hydrogen) atoms. The first-order valence-corrected chi connectivity index (χ1v) is 8.43. The summed E-state index contributed by atoms with van der Waals surface area (Å²) in [5.74, 6) is 0.105. The molecule has 0 radical (unpaired) electrons. The number of amides is 1. The highest BCUT2D eigenvalue weighted by Crippen LogP contribution is 2.32. The van der Waals surface area contributed by atoms with Crippen LogP contribution in [0.1, 0.15) is 36.0 Å². The summed E-state index contributed by atoms with van der Waals surface area (Å²) in [4.78, 5) is 16.2. The van der Waals surface area contributed by atoms with Crippen molar-refractivity contribution in [2.75, 3.05) is 0 Å². The van der Waals surface area contributed by atoms with Crippen LogP contribution in [0.15, 0.2) is 30.7 Å². The molecule has 0 unspecified atom stereocenters. The third kappa shape index (κ3) is 3.65. The molecule has 3 N–H and O–H groups in total. The molecule has 134 valence electrons. The molecule has 1 aromatic carbocycles. The lowest BCUT2D eigenvalue weighted by molar-refractivity contribution is 0.0984. The van der Waals surface area contributed by atoms with Crippen LogP contribution < -0.4 is 15.8 Å². The number of hydrogen-bond donors (Lipinski definition) is 2.